The summed E-state index contributed by atoms with van der Waals surface area (Å²) in [6.45, 7) is 3.26. The molecule has 0 aromatic heterocycles. The number of benzene rings is 1. The van der Waals surface area contributed by atoms with Crippen LogP contribution in [0.15, 0.2) is 18.2 Å². The summed E-state index contributed by atoms with van der Waals surface area (Å²) in [7, 11) is 0. The first-order valence-electron chi connectivity index (χ1n) is 6.19. The van der Waals surface area contributed by atoms with Gasteiger partial charge in [0, 0.05) is 6.61 Å². The van der Waals surface area contributed by atoms with E-state index in [2.05, 4.69) is 25.1 Å². The van der Waals surface area contributed by atoms with Crippen LogP contribution in [0.1, 0.15) is 30.9 Å². The number of hydrogen-bond donors (Lipinski definition) is 1. The van der Waals surface area contributed by atoms with Crippen LogP contribution in [0.3, 0.4) is 0 Å². The second-order valence-electron chi connectivity index (χ2n) is 4.56. The molecule has 1 aromatic carbocycles. The maximum absolute atomic E-state index is 9.20. The summed E-state index contributed by atoms with van der Waals surface area (Å²) >= 11 is 0. The Bertz CT molecular complexity index is 343. The minimum atomic E-state index is 0.282. The number of aliphatic hydroxyl groups excluding tert-OH is 1. The Hall–Kier alpha value is -1.02. The average Bonchev–Trinajstić information content (AvgIpc) is 2.35. The van der Waals surface area contributed by atoms with Gasteiger partial charge in [0.15, 0.2) is 0 Å². The van der Waals surface area contributed by atoms with E-state index in [4.69, 9.17) is 4.74 Å². The molecule has 1 N–H and O–H groups in total. The normalized spacial score (nSPS) is 16.4. The molecule has 0 aliphatic carbocycles. The largest absolute Gasteiger partial charge is 0.493 e. The third kappa shape index (κ3) is 2.56. The summed E-state index contributed by atoms with van der Waals surface area (Å²) < 4.78 is 5.59. The molecule has 0 fully saturated rings. The fourth-order valence-electron chi connectivity index (χ4n) is 2.21. The van der Waals surface area contributed by atoms with Crippen LogP contribution < -0.4 is 4.74 Å². The molecular weight excluding hydrogens is 200 g/mol. The van der Waals surface area contributed by atoms with E-state index in [0.717, 1.165) is 38.0 Å². The molecule has 1 aliphatic rings. The highest BCUT2D eigenvalue weighted by atomic mass is 16.5. The lowest BCUT2D eigenvalue weighted by Crippen LogP contribution is -2.11. The van der Waals surface area contributed by atoms with Crippen LogP contribution in [0, 0.1) is 5.92 Å². The number of aryl methyl sites for hydroxylation is 1. The van der Waals surface area contributed by atoms with Crippen LogP contribution in [0.25, 0.3) is 0 Å². The number of hydrogen-bond acceptors (Lipinski definition) is 2. The lowest BCUT2D eigenvalue weighted by molar-refractivity contribution is 0.222. The summed E-state index contributed by atoms with van der Waals surface area (Å²) in [5, 5.41) is 9.20. The Morgan fingerprint density at radius 1 is 1.44 bits per heavy atom. The summed E-state index contributed by atoms with van der Waals surface area (Å²) in [5.74, 6) is 1.44. The minimum Gasteiger partial charge on any atom is -0.493 e. The number of aliphatic hydroxyl groups is 1. The monoisotopic (exact) mass is 220 g/mol. The predicted molar refractivity (Wildman–Crippen MR) is 64.8 cm³/mol. The van der Waals surface area contributed by atoms with Crippen LogP contribution in [0.2, 0.25) is 0 Å². The number of ether oxygens (including phenoxy) is 1. The van der Waals surface area contributed by atoms with E-state index >= 15 is 0 Å². The zero-order valence-corrected chi connectivity index (χ0v) is 9.91. The van der Waals surface area contributed by atoms with Crippen molar-refractivity contribution in [3.8, 4) is 5.75 Å². The highest BCUT2D eigenvalue weighted by Gasteiger charge is 2.12. The Morgan fingerprint density at radius 3 is 3.06 bits per heavy atom. The lowest BCUT2D eigenvalue weighted by atomic mass is 9.95. The van der Waals surface area contributed by atoms with Gasteiger partial charge in [-0.1, -0.05) is 25.5 Å². The molecule has 0 amide bonds. The quantitative estimate of drug-likeness (QED) is 0.845. The van der Waals surface area contributed by atoms with E-state index in [-0.39, 0.29) is 6.61 Å². The summed E-state index contributed by atoms with van der Waals surface area (Å²) in [6, 6.07) is 6.45. The Balaban J connectivity index is 2.10. The zero-order chi connectivity index (χ0) is 11.4. The molecule has 0 saturated carbocycles. The molecule has 0 radical (unpaired) electrons. The van der Waals surface area contributed by atoms with Gasteiger partial charge in [-0.15, -0.1) is 0 Å². The molecule has 2 rings (SSSR count). The number of rotatable bonds is 4. The molecule has 1 aromatic rings. The van der Waals surface area contributed by atoms with Gasteiger partial charge in [-0.05, 0) is 42.4 Å². The van der Waals surface area contributed by atoms with Gasteiger partial charge in [0.05, 0.1) is 6.61 Å². The Morgan fingerprint density at radius 2 is 2.31 bits per heavy atom. The fraction of sp³-hybridized carbons (Fsp3) is 0.571. The smallest absolute Gasteiger partial charge is 0.122 e. The molecule has 16 heavy (non-hydrogen) atoms. The first-order chi connectivity index (χ1) is 7.83. The summed E-state index contributed by atoms with van der Waals surface area (Å²) in [4.78, 5) is 0. The first-order valence-corrected chi connectivity index (χ1v) is 6.19. The highest BCUT2D eigenvalue weighted by Crippen LogP contribution is 2.26. The van der Waals surface area contributed by atoms with E-state index in [0.29, 0.717) is 5.92 Å². The van der Waals surface area contributed by atoms with E-state index < -0.39 is 0 Å². The van der Waals surface area contributed by atoms with Gasteiger partial charge in [-0.2, -0.15) is 0 Å². The van der Waals surface area contributed by atoms with Gasteiger partial charge in [0.2, 0.25) is 0 Å². The molecule has 0 bridgehead atoms. The van der Waals surface area contributed by atoms with E-state index in [1.807, 2.05) is 0 Å². The molecular formula is C14H20O2. The van der Waals surface area contributed by atoms with Crippen LogP contribution in [0.4, 0.5) is 0 Å². The zero-order valence-electron chi connectivity index (χ0n) is 9.91. The molecule has 2 heteroatoms. The Labute approximate surface area is 97.3 Å². The van der Waals surface area contributed by atoms with Crippen molar-refractivity contribution in [1.82, 2.24) is 0 Å². The Kier molecular flexibility index (Phi) is 3.83. The summed E-state index contributed by atoms with van der Waals surface area (Å²) in [5.41, 5.74) is 2.65. The molecule has 1 atom stereocenters. The van der Waals surface area contributed by atoms with Crippen molar-refractivity contribution in [2.75, 3.05) is 13.2 Å². The first kappa shape index (κ1) is 11.5. The highest BCUT2D eigenvalue weighted by molar-refractivity contribution is 5.38. The van der Waals surface area contributed by atoms with Gasteiger partial charge in [-0.25, -0.2) is 0 Å². The molecule has 1 aliphatic heterocycles. The molecule has 0 spiro atoms. The van der Waals surface area contributed by atoms with Crippen LogP contribution >= 0.6 is 0 Å². The molecule has 1 unspecified atom stereocenters. The van der Waals surface area contributed by atoms with Crippen molar-refractivity contribution >= 4 is 0 Å². The van der Waals surface area contributed by atoms with Crippen LogP contribution in [0.5, 0.6) is 5.75 Å². The van der Waals surface area contributed by atoms with Crippen molar-refractivity contribution in [3.05, 3.63) is 29.3 Å². The van der Waals surface area contributed by atoms with Gasteiger partial charge in [0.1, 0.15) is 5.75 Å². The van der Waals surface area contributed by atoms with Gasteiger partial charge < -0.3 is 9.84 Å². The predicted octanol–water partition coefficient (Wildman–Crippen LogP) is 2.57. The molecule has 1 heterocycles. The molecule has 88 valence electrons. The van der Waals surface area contributed by atoms with Crippen molar-refractivity contribution < 1.29 is 9.84 Å². The molecule has 2 nitrogen and oxygen atoms in total. The van der Waals surface area contributed by atoms with Crippen molar-refractivity contribution in [2.24, 2.45) is 5.92 Å². The van der Waals surface area contributed by atoms with Gasteiger partial charge in [-0.3, -0.25) is 0 Å². The standard InChI is InChI=1S/C14H20O2/c1-2-11(10-15)8-12-5-6-14-13(9-12)4-3-7-16-14/h5-6,9,11,15H,2-4,7-8,10H2,1H3. The van der Waals surface area contributed by atoms with E-state index in [1.54, 1.807) is 0 Å². The third-order valence-corrected chi connectivity index (χ3v) is 3.33. The maximum Gasteiger partial charge on any atom is 0.122 e. The lowest BCUT2D eigenvalue weighted by Gasteiger charge is -2.19. The van der Waals surface area contributed by atoms with Gasteiger partial charge in [0.25, 0.3) is 0 Å². The number of fused-ring (bicyclic) bond motifs is 1. The topological polar surface area (TPSA) is 29.5 Å². The maximum atomic E-state index is 9.20. The van der Waals surface area contributed by atoms with Crippen LogP contribution in [-0.4, -0.2) is 18.3 Å². The van der Waals surface area contributed by atoms with E-state index in [1.165, 1.54) is 11.1 Å². The summed E-state index contributed by atoms with van der Waals surface area (Å²) in [6.07, 6.45) is 4.25. The van der Waals surface area contributed by atoms with Crippen molar-refractivity contribution in [3.63, 3.8) is 0 Å². The van der Waals surface area contributed by atoms with Crippen molar-refractivity contribution in [2.45, 2.75) is 32.6 Å². The van der Waals surface area contributed by atoms with E-state index in [9.17, 15) is 5.11 Å². The van der Waals surface area contributed by atoms with Gasteiger partial charge >= 0.3 is 0 Å². The minimum absolute atomic E-state index is 0.282. The fourth-order valence-corrected chi connectivity index (χ4v) is 2.21. The second kappa shape index (κ2) is 5.35. The van der Waals surface area contributed by atoms with Crippen molar-refractivity contribution in [1.29, 1.82) is 0 Å². The SMILES string of the molecule is CCC(CO)Cc1ccc2c(c1)CCCO2. The second-order valence-corrected chi connectivity index (χ2v) is 4.56. The van der Waals surface area contributed by atoms with Crippen LogP contribution in [-0.2, 0) is 12.8 Å². The third-order valence-electron chi connectivity index (χ3n) is 3.33. The average molecular weight is 220 g/mol. The molecule has 0 saturated heterocycles.